The Hall–Kier alpha value is -3.18. The van der Waals surface area contributed by atoms with Gasteiger partial charge in [0.15, 0.2) is 0 Å². The highest BCUT2D eigenvalue weighted by atomic mass is 19.1. The van der Waals surface area contributed by atoms with Crippen molar-refractivity contribution in [3.63, 3.8) is 0 Å². The average Bonchev–Trinajstić information content (AvgIpc) is 3.14. The lowest BCUT2D eigenvalue weighted by Gasteiger charge is -2.31. The molecule has 5 heteroatoms. The smallest absolute Gasteiger partial charge is 0.312 e. The third kappa shape index (κ3) is 3.81. The van der Waals surface area contributed by atoms with E-state index >= 15 is 0 Å². The molecule has 3 aromatic rings. The maximum atomic E-state index is 13.6. The van der Waals surface area contributed by atoms with Crippen LogP contribution in [-0.4, -0.2) is 25.3 Å². The zero-order chi connectivity index (χ0) is 22.0. The Morgan fingerprint density at radius 1 is 0.935 bits per heavy atom. The average molecular weight is 420 g/mol. The van der Waals surface area contributed by atoms with Crippen molar-refractivity contribution in [3.05, 3.63) is 101 Å². The van der Waals surface area contributed by atoms with Gasteiger partial charge in [0.1, 0.15) is 17.2 Å². The number of ether oxygens (including phenoxy) is 2. The van der Waals surface area contributed by atoms with Crippen molar-refractivity contribution in [2.75, 3.05) is 14.2 Å². The van der Waals surface area contributed by atoms with Crippen molar-refractivity contribution in [1.82, 2.24) is 0 Å². The van der Waals surface area contributed by atoms with Gasteiger partial charge >= 0.3 is 5.97 Å². The summed E-state index contributed by atoms with van der Waals surface area (Å²) in [7, 11) is 2.93. The number of methoxy groups -OCH3 is 2. The molecule has 0 heterocycles. The van der Waals surface area contributed by atoms with Gasteiger partial charge < -0.3 is 14.6 Å². The van der Waals surface area contributed by atoms with Crippen molar-refractivity contribution in [3.8, 4) is 5.75 Å². The summed E-state index contributed by atoms with van der Waals surface area (Å²) in [4.78, 5) is 13.1. The van der Waals surface area contributed by atoms with Crippen LogP contribution in [0.15, 0.2) is 78.9 Å². The van der Waals surface area contributed by atoms with Gasteiger partial charge in [-0.2, -0.15) is 0 Å². The fourth-order valence-electron chi connectivity index (χ4n) is 4.90. The molecule has 4 atom stereocenters. The Labute approximate surface area is 181 Å². The minimum Gasteiger partial charge on any atom is -0.497 e. The molecule has 0 saturated heterocycles. The van der Waals surface area contributed by atoms with Gasteiger partial charge in [-0.25, -0.2) is 4.39 Å². The number of carbonyl (C=O) groups is 1. The van der Waals surface area contributed by atoms with E-state index in [0.29, 0.717) is 17.7 Å². The Bertz CT molecular complexity index is 1030. The van der Waals surface area contributed by atoms with Crippen LogP contribution in [0, 0.1) is 11.7 Å². The van der Waals surface area contributed by atoms with E-state index < -0.39 is 17.5 Å². The predicted molar refractivity (Wildman–Crippen MR) is 115 cm³/mol. The summed E-state index contributed by atoms with van der Waals surface area (Å²) in [5.74, 6) is -1.52. The Morgan fingerprint density at radius 2 is 1.55 bits per heavy atom. The van der Waals surface area contributed by atoms with Crippen molar-refractivity contribution in [1.29, 1.82) is 0 Å². The fraction of sp³-hybridized carbons (Fsp3) is 0.269. The highest BCUT2D eigenvalue weighted by molar-refractivity contribution is 5.77. The van der Waals surface area contributed by atoms with Gasteiger partial charge in [0.2, 0.25) is 0 Å². The second kappa shape index (κ2) is 8.52. The van der Waals surface area contributed by atoms with Crippen LogP contribution in [0.5, 0.6) is 5.75 Å². The number of hydrogen-bond acceptors (Lipinski definition) is 4. The maximum Gasteiger partial charge on any atom is 0.312 e. The summed E-state index contributed by atoms with van der Waals surface area (Å²) in [6.45, 7) is 0. The number of halogens is 1. The monoisotopic (exact) mass is 420 g/mol. The Kier molecular flexibility index (Phi) is 5.79. The van der Waals surface area contributed by atoms with E-state index in [0.717, 1.165) is 11.1 Å². The lowest BCUT2D eigenvalue weighted by molar-refractivity contribution is -0.155. The summed E-state index contributed by atoms with van der Waals surface area (Å²) >= 11 is 0. The first kappa shape index (κ1) is 21.1. The highest BCUT2D eigenvalue weighted by Gasteiger charge is 2.58. The molecule has 1 N–H and O–H groups in total. The predicted octanol–water partition coefficient (Wildman–Crippen LogP) is 4.78. The van der Waals surface area contributed by atoms with E-state index in [1.807, 2.05) is 54.6 Å². The van der Waals surface area contributed by atoms with Crippen LogP contribution in [0.2, 0.25) is 0 Å². The van der Waals surface area contributed by atoms with Crippen LogP contribution >= 0.6 is 0 Å². The molecule has 0 bridgehead atoms. The molecule has 0 radical (unpaired) electrons. The van der Waals surface area contributed by atoms with Crippen LogP contribution in [0.1, 0.15) is 34.9 Å². The van der Waals surface area contributed by atoms with E-state index in [9.17, 15) is 14.3 Å². The number of hydrogen-bond donors (Lipinski definition) is 1. The SMILES string of the molecule is COC(=O)[C@H]1[C@H](c2ccc(OC)cc2)[C@@H](c2ccc(F)cc2)C[C@@]1(O)c1ccccc1. The zero-order valence-corrected chi connectivity index (χ0v) is 17.5. The summed E-state index contributed by atoms with van der Waals surface area (Å²) in [6, 6.07) is 23.0. The highest BCUT2D eigenvalue weighted by Crippen LogP contribution is 2.58. The molecule has 1 aliphatic carbocycles. The topological polar surface area (TPSA) is 55.8 Å². The number of rotatable bonds is 5. The molecular weight excluding hydrogens is 395 g/mol. The second-order valence-electron chi connectivity index (χ2n) is 7.95. The zero-order valence-electron chi connectivity index (χ0n) is 17.5. The summed E-state index contributed by atoms with van der Waals surface area (Å²) in [5, 5.41) is 11.9. The largest absolute Gasteiger partial charge is 0.497 e. The van der Waals surface area contributed by atoms with E-state index in [1.54, 1.807) is 19.2 Å². The molecule has 4 nitrogen and oxygen atoms in total. The first-order valence-electron chi connectivity index (χ1n) is 10.2. The van der Waals surface area contributed by atoms with Gasteiger partial charge in [0.25, 0.3) is 0 Å². The van der Waals surface area contributed by atoms with Crippen molar-refractivity contribution in [2.24, 2.45) is 5.92 Å². The van der Waals surface area contributed by atoms with Crippen molar-refractivity contribution in [2.45, 2.75) is 23.9 Å². The van der Waals surface area contributed by atoms with Gasteiger partial charge in [-0.3, -0.25) is 4.79 Å². The van der Waals surface area contributed by atoms with Crippen LogP contribution in [-0.2, 0) is 15.1 Å². The van der Waals surface area contributed by atoms with Crippen LogP contribution in [0.4, 0.5) is 4.39 Å². The van der Waals surface area contributed by atoms with Crippen LogP contribution in [0.3, 0.4) is 0 Å². The van der Waals surface area contributed by atoms with Gasteiger partial charge in [-0.15, -0.1) is 0 Å². The van der Waals surface area contributed by atoms with Crippen LogP contribution < -0.4 is 4.74 Å². The summed E-state index contributed by atoms with van der Waals surface area (Å²) in [6.07, 6.45) is 0.305. The second-order valence-corrected chi connectivity index (χ2v) is 7.95. The van der Waals surface area contributed by atoms with Gasteiger partial charge in [-0.05, 0) is 53.3 Å². The summed E-state index contributed by atoms with van der Waals surface area (Å²) < 4.78 is 24.1. The third-order valence-corrected chi connectivity index (χ3v) is 6.37. The summed E-state index contributed by atoms with van der Waals surface area (Å²) in [5.41, 5.74) is 0.978. The molecule has 1 fully saturated rings. The first-order chi connectivity index (χ1) is 15.0. The third-order valence-electron chi connectivity index (χ3n) is 6.37. The standard InChI is InChI=1S/C26H25FO4/c1-30-21-14-10-18(11-15-21)23-22(17-8-12-20(27)13-9-17)16-26(29,24(23)25(28)31-2)19-6-4-3-5-7-19/h3-15,22-24,29H,16H2,1-2H3/t22-,23-,24-,26-/m1/s1. The molecule has 0 spiro atoms. The van der Waals surface area contributed by atoms with E-state index in [2.05, 4.69) is 0 Å². The van der Waals surface area contributed by atoms with Crippen molar-refractivity contribution < 1.29 is 23.8 Å². The van der Waals surface area contributed by atoms with E-state index in [1.165, 1.54) is 19.2 Å². The quantitative estimate of drug-likeness (QED) is 0.604. The fourth-order valence-corrected chi connectivity index (χ4v) is 4.90. The minimum absolute atomic E-state index is 0.219. The number of aliphatic hydroxyl groups is 1. The Morgan fingerprint density at radius 3 is 2.13 bits per heavy atom. The molecule has 3 aromatic carbocycles. The van der Waals surface area contributed by atoms with E-state index in [-0.39, 0.29) is 17.7 Å². The molecule has 160 valence electrons. The number of esters is 1. The number of benzene rings is 3. The normalized spacial score (nSPS) is 25.2. The number of carbonyl (C=O) groups excluding carboxylic acids is 1. The molecule has 1 aliphatic rings. The molecule has 0 amide bonds. The van der Waals surface area contributed by atoms with Crippen molar-refractivity contribution >= 4 is 5.97 Å². The molecule has 0 aliphatic heterocycles. The van der Waals surface area contributed by atoms with Gasteiger partial charge in [-0.1, -0.05) is 54.6 Å². The molecular formula is C26H25FO4. The van der Waals surface area contributed by atoms with E-state index in [4.69, 9.17) is 9.47 Å². The van der Waals surface area contributed by atoms with Gasteiger partial charge in [0, 0.05) is 5.92 Å². The Balaban J connectivity index is 1.89. The molecule has 0 unspecified atom stereocenters. The molecule has 31 heavy (non-hydrogen) atoms. The maximum absolute atomic E-state index is 13.6. The lowest BCUT2D eigenvalue weighted by Crippen LogP contribution is -2.38. The van der Waals surface area contributed by atoms with Gasteiger partial charge in [0.05, 0.1) is 20.1 Å². The molecule has 4 rings (SSSR count). The molecule has 0 aromatic heterocycles. The lowest BCUT2D eigenvalue weighted by atomic mass is 9.77. The first-order valence-corrected chi connectivity index (χ1v) is 10.2. The van der Waals surface area contributed by atoms with Crippen LogP contribution in [0.25, 0.3) is 0 Å². The molecule has 1 saturated carbocycles. The minimum atomic E-state index is -1.43.